The van der Waals surface area contributed by atoms with E-state index in [1.807, 2.05) is 0 Å². The number of rotatable bonds is 8. The molecule has 0 fully saturated rings. The Balaban J connectivity index is 1.42. The molecule has 1 heterocycles. The number of hydrogen-bond acceptors (Lipinski definition) is 4. The number of fused-ring (bicyclic) bond motifs is 1. The topological polar surface area (TPSA) is 74.2 Å². The Morgan fingerprint density at radius 3 is 2.69 bits per heavy atom. The molecule has 3 N–H and O–H groups in total. The molecular weight excluding hydrogens is 441 g/mol. The van der Waals surface area contributed by atoms with Crippen molar-refractivity contribution in [1.82, 2.24) is 10.3 Å². The summed E-state index contributed by atoms with van der Waals surface area (Å²) in [4.78, 5) is 16.2. The van der Waals surface area contributed by atoms with Crippen LogP contribution in [0.3, 0.4) is 0 Å². The number of phenolic OH excluding ortho intramolecular Hbond substituents is 1. The number of amides is 1. The molecule has 0 saturated carbocycles. The van der Waals surface area contributed by atoms with Crippen LogP contribution in [0.2, 0.25) is 0 Å². The molecule has 0 spiro atoms. The number of para-hydroxylation sites is 1. The molecule has 1 aliphatic carbocycles. The minimum atomic E-state index is -0.473. The van der Waals surface area contributed by atoms with Crippen LogP contribution in [0.25, 0.3) is 0 Å². The molecule has 1 aromatic heterocycles. The molecule has 1 amide bonds. The maximum Gasteiger partial charge on any atom is 0.255 e. The molecule has 2 aromatic carbocycles. The predicted molar refractivity (Wildman–Crippen MR) is 137 cm³/mol. The molecule has 1 atom stereocenters. The molecule has 0 radical (unpaired) electrons. The van der Waals surface area contributed by atoms with Crippen LogP contribution in [0.4, 0.5) is 10.1 Å². The van der Waals surface area contributed by atoms with Crippen LogP contribution in [-0.2, 0) is 12.8 Å². The fourth-order valence-corrected chi connectivity index (χ4v) is 5.12. The molecule has 0 aliphatic heterocycles. The van der Waals surface area contributed by atoms with Gasteiger partial charge in [0.2, 0.25) is 5.95 Å². The molecule has 5 nitrogen and oxygen atoms in total. The number of hydrogen-bond donors (Lipinski definition) is 3. The van der Waals surface area contributed by atoms with E-state index >= 15 is 0 Å². The Morgan fingerprint density at radius 2 is 1.97 bits per heavy atom. The Morgan fingerprint density at radius 1 is 1.20 bits per heavy atom. The van der Waals surface area contributed by atoms with E-state index in [0.29, 0.717) is 12.1 Å². The summed E-state index contributed by atoms with van der Waals surface area (Å²) in [6.07, 6.45) is 5.30. The lowest BCUT2D eigenvalue weighted by Gasteiger charge is -2.28. The second-order valence-corrected chi connectivity index (χ2v) is 10.3. The van der Waals surface area contributed by atoms with Gasteiger partial charge in [0.05, 0.1) is 23.5 Å². The van der Waals surface area contributed by atoms with Crippen molar-refractivity contribution in [3.8, 4) is 5.75 Å². The van der Waals surface area contributed by atoms with Gasteiger partial charge in [0, 0.05) is 6.54 Å². The lowest BCUT2D eigenvalue weighted by atomic mass is 9.79. The molecule has 184 valence electrons. The number of nitrogens with zero attached hydrogens (tertiary/aromatic N) is 1. The Hall–Kier alpha value is -3.41. The van der Waals surface area contributed by atoms with Crippen molar-refractivity contribution in [2.24, 2.45) is 5.41 Å². The number of halogens is 1. The van der Waals surface area contributed by atoms with E-state index in [1.54, 1.807) is 30.5 Å². The summed E-state index contributed by atoms with van der Waals surface area (Å²) in [5.41, 5.74) is 7.86. The van der Waals surface area contributed by atoms with E-state index in [4.69, 9.17) is 0 Å². The number of carbonyl (C=O) groups is 1. The molecule has 35 heavy (non-hydrogen) atoms. The largest absolute Gasteiger partial charge is 0.507 e. The van der Waals surface area contributed by atoms with Crippen LogP contribution in [0, 0.1) is 25.2 Å². The van der Waals surface area contributed by atoms with Crippen molar-refractivity contribution in [2.75, 3.05) is 11.9 Å². The monoisotopic (exact) mass is 475 g/mol. The zero-order chi connectivity index (χ0) is 25.2. The average molecular weight is 476 g/mol. The highest BCUT2D eigenvalue weighted by Gasteiger charge is 2.28. The van der Waals surface area contributed by atoms with Gasteiger partial charge >= 0.3 is 0 Å². The third-order valence-electron chi connectivity index (χ3n) is 7.12. The van der Waals surface area contributed by atoms with Crippen molar-refractivity contribution in [2.45, 2.75) is 59.4 Å². The molecule has 1 unspecified atom stereocenters. The van der Waals surface area contributed by atoms with Crippen molar-refractivity contribution < 1.29 is 14.3 Å². The van der Waals surface area contributed by atoms with E-state index in [-0.39, 0.29) is 23.1 Å². The van der Waals surface area contributed by atoms with E-state index in [0.717, 1.165) is 31.4 Å². The first-order chi connectivity index (χ1) is 16.6. The highest BCUT2D eigenvalue weighted by molar-refractivity contribution is 5.96. The lowest BCUT2D eigenvalue weighted by Crippen LogP contribution is -2.29. The van der Waals surface area contributed by atoms with Crippen LogP contribution in [-0.4, -0.2) is 22.5 Å². The van der Waals surface area contributed by atoms with Gasteiger partial charge in [-0.2, -0.15) is 4.39 Å². The smallest absolute Gasteiger partial charge is 0.255 e. The second-order valence-electron chi connectivity index (χ2n) is 10.3. The molecular formula is C29H34FN3O2. The minimum absolute atomic E-state index is 0.00265. The predicted octanol–water partition coefficient (Wildman–Crippen LogP) is 6.03. The molecule has 3 aromatic rings. The van der Waals surface area contributed by atoms with Crippen LogP contribution in [0.5, 0.6) is 5.75 Å². The summed E-state index contributed by atoms with van der Waals surface area (Å²) in [5.74, 6) is -0.727. The fraction of sp³-hybridized carbons (Fsp3) is 0.379. The van der Waals surface area contributed by atoms with E-state index in [1.165, 1.54) is 39.9 Å². The minimum Gasteiger partial charge on any atom is -0.507 e. The van der Waals surface area contributed by atoms with Gasteiger partial charge in [0.15, 0.2) is 0 Å². The van der Waals surface area contributed by atoms with Gasteiger partial charge in [-0.15, -0.1) is 0 Å². The van der Waals surface area contributed by atoms with E-state index in [2.05, 4.69) is 49.4 Å². The molecule has 4 rings (SSSR count). The number of phenols is 1. The first kappa shape index (κ1) is 24.7. The van der Waals surface area contributed by atoms with Crippen molar-refractivity contribution in [3.63, 3.8) is 0 Å². The highest BCUT2D eigenvalue weighted by Crippen LogP contribution is 2.40. The number of carbonyl (C=O) groups excluding carboxylic acids is 1. The first-order valence-electron chi connectivity index (χ1n) is 12.2. The fourth-order valence-electron chi connectivity index (χ4n) is 5.12. The first-order valence-corrected chi connectivity index (χ1v) is 12.2. The molecule has 0 saturated heterocycles. The summed E-state index contributed by atoms with van der Waals surface area (Å²) in [6, 6.07) is 12.2. The van der Waals surface area contributed by atoms with Crippen molar-refractivity contribution >= 4 is 11.6 Å². The SMILES string of the molecule is Cc1cc2c(c(C)c1CC(C)(C)CCNC(=O)c1ccccc1O)CCC2Nc1ccc(F)nc1. The Kier molecular flexibility index (Phi) is 7.10. The van der Waals surface area contributed by atoms with Crippen molar-refractivity contribution in [1.29, 1.82) is 0 Å². The number of aromatic nitrogens is 1. The molecule has 1 aliphatic rings. The van der Waals surface area contributed by atoms with Gasteiger partial charge in [-0.3, -0.25) is 4.79 Å². The molecule has 6 heteroatoms. The quantitative estimate of drug-likeness (QED) is 0.348. The zero-order valence-corrected chi connectivity index (χ0v) is 20.9. The summed E-state index contributed by atoms with van der Waals surface area (Å²) in [6.45, 7) is 9.40. The maximum absolute atomic E-state index is 13.2. The number of aryl methyl sites for hydroxylation is 1. The van der Waals surface area contributed by atoms with Gasteiger partial charge in [-0.25, -0.2) is 4.98 Å². The Labute approximate surface area is 206 Å². The normalized spacial score (nSPS) is 15.1. The number of aromatic hydroxyl groups is 1. The zero-order valence-electron chi connectivity index (χ0n) is 20.9. The molecule has 0 bridgehead atoms. The van der Waals surface area contributed by atoms with Crippen LogP contribution in [0.1, 0.15) is 70.9 Å². The van der Waals surface area contributed by atoms with E-state index in [9.17, 15) is 14.3 Å². The van der Waals surface area contributed by atoms with Gasteiger partial charge in [0.25, 0.3) is 5.91 Å². The van der Waals surface area contributed by atoms with Gasteiger partial charge in [0.1, 0.15) is 5.75 Å². The maximum atomic E-state index is 13.2. The highest BCUT2D eigenvalue weighted by atomic mass is 19.1. The summed E-state index contributed by atoms with van der Waals surface area (Å²) in [7, 11) is 0. The third-order valence-corrected chi connectivity index (χ3v) is 7.12. The number of pyridine rings is 1. The second kappa shape index (κ2) is 10.1. The summed E-state index contributed by atoms with van der Waals surface area (Å²) < 4.78 is 13.2. The number of anilines is 1. The van der Waals surface area contributed by atoms with Gasteiger partial charge < -0.3 is 15.7 Å². The lowest BCUT2D eigenvalue weighted by molar-refractivity contribution is 0.0946. The van der Waals surface area contributed by atoms with Crippen LogP contribution >= 0.6 is 0 Å². The Bertz CT molecular complexity index is 1220. The average Bonchev–Trinajstić information content (AvgIpc) is 3.20. The van der Waals surface area contributed by atoms with Gasteiger partial charge in [-0.1, -0.05) is 32.0 Å². The van der Waals surface area contributed by atoms with Crippen molar-refractivity contribution in [3.05, 3.63) is 88.0 Å². The summed E-state index contributed by atoms with van der Waals surface area (Å²) >= 11 is 0. The van der Waals surface area contributed by atoms with Crippen LogP contribution in [0.15, 0.2) is 48.7 Å². The van der Waals surface area contributed by atoms with Crippen LogP contribution < -0.4 is 10.6 Å². The number of benzene rings is 2. The van der Waals surface area contributed by atoms with E-state index < -0.39 is 5.95 Å². The standard InChI is InChI=1S/C29H34FN3O2/c1-18-15-23-21(10-11-25(23)33-20-9-12-27(30)32-17-20)19(2)24(18)16-29(3,4)13-14-31-28(35)22-7-5-6-8-26(22)34/h5-9,12,15,17,25,33-34H,10-11,13-14,16H2,1-4H3,(H,31,35). The third kappa shape index (κ3) is 5.64. The number of nitrogens with one attached hydrogen (secondary N) is 2. The summed E-state index contributed by atoms with van der Waals surface area (Å²) in [5, 5.41) is 16.4. The van der Waals surface area contributed by atoms with Gasteiger partial charge in [-0.05, 0) is 97.0 Å².